The maximum atomic E-state index is 12.7. The zero-order valence-electron chi connectivity index (χ0n) is 16.2. The number of benzene rings is 1. The Kier molecular flexibility index (Phi) is 5.54. The molecule has 0 saturated carbocycles. The molecule has 140 valence electrons. The molecule has 0 spiro atoms. The molecular weight excluding hydrogens is 332 g/mol. The lowest BCUT2D eigenvalue weighted by Gasteiger charge is -2.29. The van der Waals surface area contributed by atoms with Crippen molar-refractivity contribution in [1.29, 1.82) is 0 Å². The number of rotatable bonds is 3. The third kappa shape index (κ3) is 5.18. The number of oxazole rings is 1. The number of ether oxygens (including phenoxy) is 1. The first-order valence-electron chi connectivity index (χ1n) is 8.52. The van der Waals surface area contributed by atoms with Crippen LogP contribution in [-0.2, 0) is 16.1 Å². The first-order valence-corrected chi connectivity index (χ1v) is 8.52. The summed E-state index contributed by atoms with van der Waals surface area (Å²) in [5, 5.41) is 0. The second-order valence-electron chi connectivity index (χ2n) is 8.11. The number of imide groups is 1. The Morgan fingerprint density at radius 2 is 1.69 bits per heavy atom. The molecule has 1 heterocycles. The maximum Gasteiger partial charge on any atom is 0.417 e. The van der Waals surface area contributed by atoms with Crippen molar-refractivity contribution in [3.63, 3.8) is 0 Å². The molecular formula is C20H26N2O4. The van der Waals surface area contributed by atoms with Gasteiger partial charge in [0, 0.05) is 11.0 Å². The number of hydrogen-bond acceptors (Lipinski definition) is 5. The standard InChI is InChI=1S/C20H26N2O4/c1-19(2,3)17(23)22(18(24)26-20(4,5)6)13-16-21-12-15(25-16)14-10-8-7-9-11-14/h7-12H,13H2,1-6H3. The second-order valence-corrected chi connectivity index (χ2v) is 8.11. The van der Waals surface area contributed by atoms with E-state index in [1.165, 1.54) is 0 Å². The molecule has 0 fully saturated rings. The topological polar surface area (TPSA) is 72.6 Å². The van der Waals surface area contributed by atoms with Crippen LogP contribution < -0.4 is 0 Å². The highest BCUT2D eigenvalue weighted by Gasteiger charge is 2.35. The summed E-state index contributed by atoms with van der Waals surface area (Å²) in [5.41, 5.74) is -0.581. The molecule has 6 nitrogen and oxygen atoms in total. The molecule has 1 aromatic carbocycles. The lowest BCUT2D eigenvalue weighted by atomic mass is 9.95. The van der Waals surface area contributed by atoms with E-state index in [4.69, 9.17) is 9.15 Å². The van der Waals surface area contributed by atoms with Gasteiger partial charge < -0.3 is 9.15 Å². The van der Waals surface area contributed by atoms with Gasteiger partial charge in [0.05, 0.1) is 6.20 Å². The van der Waals surface area contributed by atoms with Crippen LogP contribution in [0.1, 0.15) is 47.4 Å². The van der Waals surface area contributed by atoms with Crippen molar-refractivity contribution in [3.8, 4) is 11.3 Å². The average molecular weight is 358 g/mol. The summed E-state index contributed by atoms with van der Waals surface area (Å²) in [6.45, 7) is 10.4. The van der Waals surface area contributed by atoms with Gasteiger partial charge in [-0.1, -0.05) is 51.1 Å². The van der Waals surface area contributed by atoms with Gasteiger partial charge in [-0.3, -0.25) is 4.79 Å². The van der Waals surface area contributed by atoms with E-state index in [1.807, 2.05) is 30.3 Å². The van der Waals surface area contributed by atoms with Crippen LogP contribution in [0.15, 0.2) is 40.9 Å². The summed E-state index contributed by atoms with van der Waals surface area (Å²) in [6.07, 6.45) is 0.872. The largest absolute Gasteiger partial charge is 0.443 e. The Balaban J connectivity index is 2.25. The Bertz CT molecular complexity index is 767. The molecule has 0 unspecified atom stereocenters. The number of carbonyl (C=O) groups excluding carboxylic acids is 2. The zero-order valence-corrected chi connectivity index (χ0v) is 16.2. The van der Waals surface area contributed by atoms with Gasteiger partial charge in [-0.15, -0.1) is 0 Å². The average Bonchev–Trinajstić information content (AvgIpc) is 2.99. The van der Waals surface area contributed by atoms with Gasteiger partial charge in [0.1, 0.15) is 12.1 Å². The minimum absolute atomic E-state index is 0.0855. The van der Waals surface area contributed by atoms with Gasteiger partial charge in [0.2, 0.25) is 11.8 Å². The molecule has 0 bridgehead atoms. The normalized spacial score (nSPS) is 11.9. The van der Waals surface area contributed by atoms with Crippen LogP contribution in [0.5, 0.6) is 0 Å². The second kappa shape index (κ2) is 7.32. The molecule has 0 aliphatic rings. The van der Waals surface area contributed by atoms with Gasteiger partial charge in [0.25, 0.3) is 0 Å². The van der Waals surface area contributed by atoms with E-state index in [0.29, 0.717) is 5.76 Å². The van der Waals surface area contributed by atoms with E-state index in [1.54, 1.807) is 47.7 Å². The van der Waals surface area contributed by atoms with E-state index in [0.717, 1.165) is 10.5 Å². The minimum Gasteiger partial charge on any atom is -0.443 e. The molecule has 2 aromatic rings. The predicted molar refractivity (Wildman–Crippen MR) is 98.2 cm³/mol. The van der Waals surface area contributed by atoms with Crippen LogP contribution in [0.2, 0.25) is 0 Å². The highest BCUT2D eigenvalue weighted by Crippen LogP contribution is 2.24. The van der Waals surface area contributed by atoms with Crippen LogP contribution in [0.25, 0.3) is 11.3 Å². The van der Waals surface area contributed by atoms with Crippen molar-refractivity contribution in [2.45, 2.75) is 53.7 Å². The molecule has 0 aliphatic heterocycles. The maximum absolute atomic E-state index is 12.7. The van der Waals surface area contributed by atoms with Crippen molar-refractivity contribution in [3.05, 3.63) is 42.4 Å². The summed E-state index contributed by atoms with van der Waals surface area (Å²) in [5.74, 6) is 0.492. The molecule has 2 rings (SSSR count). The van der Waals surface area contributed by atoms with Crippen LogP contribution in [0, 0.1) is 5.41 Å². The molecule has 26 heavy (non-hydrogen) atoms. The summed E-state index contributed by atoms with van der Waals surface area (Å²) in [7, 11) is 0. The first-order chi connectivity index (χ1) is 12.0. The Morgan fingerprint density at radius 3 is 2.23 bits per heavy atom. The first kappa shape index (κ1) is 19.7. The molecule has 1 aromatic heterocycles. The monoisotopic (exact) mass is 358 g/mol. The summed E-state index contributed by atoms with van der Waals surface area (Å²) < 4.78 is 11.1. The fraction of sp³-hybridized carbons (Fsp3) is 0.450. The lowest BCUT2D eigenvalue weighted by molar-refractivity contribution is -0.139. The lowest BCUT2D eigenvalue weighted by Crippen LogP contribution is -2.45. The Morgan fingerprint density at radius 1 is 1.08 bits per heavy atom. The van der Waals surface area contributed by atoms with Crippen molar-refractivity contribution < 1.29 is 18.7 Å². The predicted octanol–water partition coefficient (Wildman–Crippen LogP) is 4.65. The van der Waals surface area contributed by atoms with Gasteiger partial charge in [0.15, 0.2) is 5.76 Å². The third-order valence-corrected chi connectivity index (χ3v) is 3.41. The van der Waals surface area contributed by atoms with Gasteiger partial charge >= 0.3 is 6.09 Å². The highest BCUT2D eigenvalue weighted by molar-refractivity contribution is 5.94. The molecule has 0 saturated heterocycles. The van der Waals surface area contributed by atoms with Crippen LogP contribution in [0.3, 0.4) is 0 Å². The molecule has 0 radical (unpaired) electrons. The molecule has 6 heteroatoms. The van der Waals surface area contributed by atoms with Crippen LogP contribution in [-0.4, -0.2) is 27.5 Å². The smallest absolute Gasteiger partial charge is 0.417 e. The highest BCUT2D eigenvalue weighted by atomic mass is 16.6. The number of amides is 2. The van der Waals surface area contributed by atoms with Crippen LogP contribution >= 0.6 is 0 Å². The number of nitrogens with zero attached hydrogens (tertiary/aromatic N) is 2. The van der Waals surface area contributed by atoms with Crippen molar-refractivity contribution >= 4 is 12.0 Å². The molecule has 2 amide bonds. The fourth-order valence-corrected chi connectivity index (χ4v) is 2.20. The summed E-state index contributed by atoms with van der Waals surface area (Å²) in [4.78, 5) is 30.5. The fourth-order valence-electron chi connectivity index (χ4n) is 2.20. The zero-order chi connectivity index (χ0) is 19.5. The van der Waals surface area contributed by atoms with Crippen LogP contribution in [0.4, 0.5) is 4.79 Å². The van der Waals surface area contributed by atoms with Crippen molar-refractivity contribution in [2.24, 2.45) is 5.41 Å². The molecule has 0 aliphatic carbocycles. The van der Waals surface area contributed by atoms with E-state index >= 15 is 0 Å². The van der Waals surface area contributed by atoms with Gasteiger partial charge in [-0.2, -0.15) is 0 Å². The Labute approximate surface area is 154 Å². The van der Waals surface area contributed by atoms with E-state index in [-0.39, 0.29) is 18.3 Å². The summed E-state index contributed by atoms with van der Waals surface area (Å²) >= 11 is 0. The van der Waals surface area contributed by atoms with Gasteiger partial charge in [-0.05, 0) is 20.8 Å². The van der Waals surface area contributed by atoms with Crippen molar-refractivity contribution in [1.82, 2.24) is 9.88 Å². The quantitative estimate of drug-likeness (QED) is 0.798. The molecule has 0 N–H and O–H groups in total. The summed E-state index contributed by atoms with van der Waals surface area (Å²) in [6, 6.07) is 9.50. The van der Waals surface area contributed by atoms with E-state index in [9.17, 15) is 9.59 Å². The number of hydrogen-bond donors (Lipinski definition) is 0. The van der Waals surface area contributed by atoms with Gasteiger partial charge in [-0.25, -0.2) is 14.7 Å². The van der Waals surface area contributed by atoms with E-state index in [2.05, 4.69) is 4.98 Å². The van der Waals surface area contributed by atoms with E-state index < -0.39 is 17.1 Å². The SMILES string of the molecule is CC(C)(C)OC(=O)N(Cc1ncc(-c2ccccc2)o1)C(=O)C(C)(C)C. The third-order valence-electron chi connectivity index (χ3n) is 3.41. The Hall–Kier alpha value is -2.63. The number of carbonyl (C=O) groups is 2. The minimum atomic E-state index is -0.744. The number of aromatic nitrogens is 1. The van der Waals surface area contributed by atoms with Crippen molar-refractivity contribution in [2.75, 3.05) is 0 Å². The molecule has 0 atom stereocenters.